The van der Waals surface area contributed by atoms with Gasteiger partial charge in [0.15, 0.2) is 0 Å². The Morgan fingerprint density at radius 1 is 1.30 bits per heavy atom. The van der Waals surface area contributed by atoms with Gasteiger partial charge in [0.1, 0.15) is 0 Å². The van der Waals surface area contributed by atoms with E-state index in [1.807, 2.05) is 26.8 Å². The van der Waals surface area contributed by atoms with Crippen LogP contribution in [0.1, 0.15) is 56.3 Å². The summed E-state index contributed by atoms with van der Waals surface area (Å²) in [4.78, 5) is 12.5. The second-order valence-corrected chi connectivity index (χ2v) is 5.68. The molecule has 0 aromatic heterocycles. The first-order chi connectivity index (χ1) is 9.41. The molecule has 3 N–H and O–H groups in total. The Labute approximate surface area is 122 Å². The SMILES string of the molecule is CCC(CC)(CN)C(=O)NC(C)c1cccc(C)c1C. The number of amides is 1. The molecule has 0 aliphatic carbocycles. The summed E-state index contributed by atoms with van der Waals surface area (Å²) in [6.07, 6.45) is 1.54. The van der Waals surface area contributed by atoms with Crippen LogP contribution in [-0.2, 0) is 4.79 Å². The van der Waals surface area contributed by atoms with Crippen molar-refractivity contribution in [3.05, 3.63) is 34.9 Å². The lowest BCUT2D eigenvalue weighted by atomic mass is 9.81. The van der Waals surface area contributed by atoms with Crippen LogP contribution in [0.25, 0.3) is 0 Å². The van der Waals surface area contributed by atoms with Gasteiger partial charge in [0.2, 0.25) is 5.91 Å². The lowest BCUT2D eigenvalue weighted by Gasteiger charge is -2.30. The lowest BCUT2D eigenvalue weighted by Crippen LogP contribution is -2.46. The van der Waals surface area contributed by atoms with Crippen LogP contribution < -0.4 is 11.1 Å². The summed E-state index contributed by atoms with van der Waals surface area (Å²) in [6.45, 7) is 10.7. The lowest BCUT2D eigenvalue weighted by molar-refractivity contribution is -0.131. The zero-order chi connectivity index (χ0) is 15.3. The fraction of sp³-hybridized carbons (Fsp3) is 0.588. The van der Waals surface area contributed by atoms with E-state index in [2.05, 4.69) is 31.3 Å². The van der Waals surface area contributed by atoms with E-state index in [0.29, 0.717) is 6.54 Å². The second kappa shape index (κ2) is 6.89. The number of nitrogens with one attached hydrogen (secondary N) is 1. The van der Waals surface area contributed by atoms with Crippen molar-refractivity contribution in [2.75, 3.05) is 6.54 Å². The topological polar surface area (TPSA) is 55.1 Å². The Kier molecular flexibility index (Phi) is 5.75. The molecule has 3 nitrogen and oxygen atoms in total. The van der Waals surface area contributed by atoms with Gasteiger partial charge in [-0.2, -0.15) is 0 Å². The van der Waals surface area contributed by atoms with Gasteiger partial charge in [0.05, 0.1) is 11.5 Å². The third-order valence-electron chi connectivity index (χ3n) is 4.69. The number of benzene rings is 1. The number of aryl methyl sites for hydroxylation is 1. The molecule has 0 saturated heterocycles. The molecule has 1 amide bonds. The maximum absolute atomic E-state index is 12.5. The maximum Gasteiger partial charge on any atom is 0.227 e. The first-order valence-electron chi connectivity index (χ1n) is 7.49. The summed E-state index contributed by atoms with van der Waals surface area (Å²) >= 11 is 0. The fourth-order valence-corrected chi connectivity index (χ4v) is 2.62. The molecule has 1 unspecified atom stereocenters. The molecule has 1 aromatic rings. The normalized spacial score (nSPS) is 13.1. The van der Waals surface area contributed by atoms with E-state index in [1.54, 1.807) is 0 Å². The highest BCUT2D eigenvalue weighted by atomic mass is 16.2. The highest BCUT2D eigenvalue weighted by molar-refractivity contribution is 5.83. The minimum atomic E-state index is -0.439. The highest BCUT2D eigenvalue weighted by Gasteiger charge is 2.34. The molecule has 0 heterocycles. The standard InChI is InChI=1S/C17H28N2O/c1-6-17(7-2,11-18)16(20)19-14(5)15-10-8-9-12(3)13(15)4/h8-10,14H,6-7,11,18H2,1-5H3,(H,19,20). The van der Waals surface area contributed by atoms with Gasteiger partial charge in [-0.3, -0.25) is 4.79 Å². The van der Waals surface area contributed by atoms with Crippen LogP contribution in [0.15, 0.2) is 18.2 Å². The zero-order valence-electron chi connectivity index (χ0n) is 13.4. The van der Waals surface area contributed by atoms with Gasteiger partial charge in [-0.05, 0) is 50.3 Å². The summed E-state index contributed by atoms with van der Waals surface area (Å²) in [5.41, 5.74) is 9.07. The number of carbonyl (C=O) groups excluding carboxylic acids is 1. The number of hydrogen-bond donors (Lipinski definition) is 2. The summed E-state index contributed by atoms with van der Waals surface area (Å²) < 4.78 is 0. The van der Waals surface area contributed by atoms with Gasteiger partial charge in [-0.25, -0.2) is 0 Å². The van der Waals surface area contributed by atoms with E-state index in [1.165, 1.54) is 16.7 Å². The predicted molar refractivity (Wildman–Crippen MR) is 84.5 cm³/mol. The molecule has 20 heavy (non-hydrogen) atoms. The van der Waals surface area contributed by atoms with E-state index in [0.717, 1.165) is 12.8 Å². The average Bonchev–Trinajstić information content (AvgIpc) is 2.44. The van der Waals surface area contributed by atoms with Crippen molar-refractivity contribution in [3.8, 4) is 0 Å². The van der Waals surface area contributed by atoms with Gasteiger partial charge in [-0.15, -0.1) is 0 Å². The first-order valence-corrected chi connectivity index (χ1v) is 7.49. The number of carbonyl (C=O) groups is 1. The van der Waals surface area contributed by atoms with E-state index in [4.69, 9.17) is 5.73 Å². The largest absolute Gasteiger partial charge is 0.349 e. The Morgan fingerprint density at radius 2 is 1.90 bits per heavy atom. The molecule has 1 aromatic carbocycles. The third kappa shape index (κ3) is 3.21. The van der Waals surface area contributed by atoms with Crippen LogP contribution in [0.5, 0.6) is 0 Å². The molecule has 0 aliphatic heterocycles. The van der Waals surface area contributed by atoms with Crippen LogP contribution in [0.2, 0.25) is 0 Å². The van der Waals surface area contributed by atoms with Gasteiger partial charge < -0.3 is 11.1 Å². The third-order valence-corrected chi connectivity index (χ3v) is 4.69. The summed E-state index contributed by atoms with van der Waals surface area (Å²) in [7, 11) is 0. The van der Waals surface area contributed by atoms with Crippen LogP contribution >= 0.6 is 0 Å². The van der Waals surface area contributed by atoms with Crippen molar-refractivity contribution >= 4 is 5.91 Å². The second-order valence-electron chi connectivity index (χ2n) is 5.68. The van der Waals surface area contributed by atoms with Crippen LogP contribution in [0.4, 0.5) is 0 Å². The van der Waals surface area contributed by atoms with Gasteiger partial charge in [0.25, 0.3) is 0 Å². The van der Waals surface area contributed by atoms with Crippen molar-refractivity contribution in [2.45, 2.75) is 53.5 Å². The molecule has 3 heteroatoms. The van der Waals surface area contributed by atoms with Crippen LogP contribution in [0, 0.1) is 19.3 Å². The summed E-state index contributed by atoms with van der Waals surface area (Å²) in [5.74, 6) is 0.0680. The fourth-order valence-electron chi connectivity index (χ4n) is 2.62. The minimum Gasteiger partial charge on any atom is -0.349 e. The molecule has 0 fully saturated rings. The van der Waals surface area contributed by atoms with Crippen LogP contribution in [-0.4, -0.2) is 12.5 Å². The number of nitrogens with two attached hydrogens (primary N) is 1. The molecule has 1 rings (SSSR count). The predicted octanol–water partition coefficient (Wildman–Crippen LogP) is 3.25. The first kappa shape index (κ1) is 16.7. The van der Waals surface area contributed by atoms with Crippen molar-refractivity contribution in [3.63, 3.8) is 0 Å². The van der Waals surface area contributed by atoms with E-state index in [-0.39, 0.29) is 11.9 Å². The van der Waals surface area contributed by atoms with E-state index >= 15 is 0 Å². The van der Waals surface area contributed by atoms with Crippen LogP contribution in [0.3, 0.4) is 0 Å². The van der Waals surface area contributed by atoms with Gasteiger partial charge >= 0.3 is 0 Å². The zero-order valence-corrected chi connectivity index (χ0v) is 13.4. The average molecular weight is 276 g/mol. The Hall–Kier alpha value is -1.35. The van der Waals surface area contributed by atoms with Crippen molar-refractivity contribution in [1.29, 1.82) is 0 Å². The maximum atomic E-state index is 12.5. The quantitative estimate of drug-likeness (QED) is 0.838. The molecular weight excluding hydrogens is 248 g/mol. The summed E-state index contributed by atoms with van der Waals surface area (Å²) in [6, 6.07) is 6.22. The minimum absolute atomic E-state index is 0.00595. The smallest absolute Gasteiger partial charge is 0.227 e. The van der Waals surface area contributed by atoms with Crippen molar-refractivity contribution in [2.24, 2.45) is 11.1 Å². The highest BCUT2D eigenvalue weighted by Crippen LogP contribution is 2.27. The summed E-state index contributed by atoms with van der Waals surface area (Å²) in [5, 5.41) is 3.14. The number of hydrogen-bond acceptors (Lipinski definition) is 2. The molecule has 0 radical (unpaired) electrons. The van der Waals surface area contributed by atoms with E-state index in [9.17, 15) is 4.79 Å². The van der Waals surface area contributed by atoms with Crippen molar-refractivity contribution in [1.82, 2.24) is 5.32 Å². The molecule has 0 saturated carbocycles. The number of rotatable bonds is 6. The Bertz CT molecular complexity index is 456. The van der Waals surface area contributed by atoms with Gasteiger partial charge in [0, 0.05) is 6.54 Å². The molecule has 112 valence electrons. The monoisotopic (exact) mass is 276 g/mol. The molecule has 0 aliphatic rings. The molecule has 0 bridgehead atoms. The molecular formula is C17H28N2O. The van der Waals surface area contributed by atoms with E-state index < -0.39 is 5.41 Å². The molecule has 1 atom stereocenters. The Balaban J connectivity index is 2.92. The Morgan fingerprint density at radius 3 is 2.40 bits per heavy atom. The van der Waals surface area contributed by atoms with Gasteiger partial charge in [-0.1, -0.05) is 32.0 Å². The molecule has 0 spiro atoms. The van der Waals surface area contributed by atoms with Crippen molar-refractivity contribution < 1.29 is 4.79 Å².